The van der Waals surface area contributed by atoms with Crippen molar-refractivity contribution < 1.29 is 22.3 Å². The molecule has 8 nitrogen and oxygen atoms in total. The number of sulfone groups is 1. The average Bonchev–Trinajstić information content (AvgIpc) is 3.21. The first-order valence-corrected chi connectivity index (χ1v) is 10.8. The molecule has 2 heterocycles. The Hall–Kier alpha value is -1.91. The summed E-state index contributed by atoms with van der Waals surface area (Å²) >= 11 is 5.31. The summed E-state index contributed by atoms with van der Waals surface area (Å²) in [5, 5.41) is 4.47. The molecule has 1 aliphatic heterocycles. The minimum absolute atomic E-state index is 0.0287. The van der Waals surface area contributed by atoms with E-state index in [0.29, 0.717) is 42.6 Å². The zero-order valence-corrected chi connectivity index (χ0v) is 17.2. The second-order valence-electron chi connectivity index (χ2n) is 6.38. The van der Waals surface area contributed by atoms with Gasteiger partial charge in [0, 0.05) is 17.7 Å². The lowest BCUT2D eigenvalue weighted by molar-refractivity contribution is 0.162. The van der Waals surface area contributed by atoms with Crippen LogP contribution in [0.1, 0.15) is 13.3 Å². The zero-order valence-electron chi connectivity index (χ0n) is 15.5. The highest BCUT2D eigenvalue weighted by Crippen LogP contribution is 2.29. The van der Waals surface area contributed by atoms with Gasteiger partial charge >= 0.3 is 0 Å². The van der Waals surface area contributed by atoms with Gasteiger partial charge in [-0.05, 0) is 37.3 Å². The maximum absolute atomic E-state index is 11.8. The second-order valence-corrected chi connectivity index (χ2v) is 8.96. The molecule has 148 valence electrons. The predicted molar refractivity (Wildman–Crippen MR) is 103 cm³/mol. The maximum Gasteiger partial charge on any atom is 0.288 e. The van der Waals surface area contributed by atoms with Gasteiger partial charge in [0.25, 0.3) is 4.84 Å². The van der Waals surface area contributed by atoms with E-state index in [2.05, 4.69) is 10.00 Å². The van der Waals surface area contributed by atoms with Gasteiger partial charge < -0.3 is 13.9 Å². The molecular formula is C17H23N3O5S2. The first-order chi connectivity index (χ1) is 12.8. The lowest BCUT2D eigenvalue weighted by Crippen LogP contribution is -2.37. The Morgan fingerprint density at radius 2 is 1.96 bits per heavy atom. The number of benzene rings is 1. The fraction of sp³-hybridized carbons (Fsp3) is 0.529. The van der Waals surface area contributed by atoms with Crippen LogP contribution in [0.2, 0.25) is 0 Å². The van der Waals surface area contributed by atoms with Crippen molar-refractivity contribution in [3.63, 3.8) is 0 Å². The molecule has 2 aromatic rings. The largest absolute Gasteiger partial charge is 0.497 e. The smallest absolute Gasteiger partial charge is 0.288 e. The Morgan fingerprint density at radius 3 is 2.48 bits per heavy atom. The molecule has 0 bridgehead atoms. The van der Waals surface area contributed by atoms with Crippen molar-refractivity contribution in [3.8, 4) is 23.0 Å². The SMILES string of the molecule is CCN(Cn1nc(-c2cc(OC)cc(OC)c2)oc1=S)[C@H]1CCS(=O)(=O)C1. The number of methoxy groups -OCH3 is 2. The van der Waals surface area contributed by atoms with Gasteiger partial charge in [-0.3, -0.25) is 4.90 Å². The number of hydrogen-bond donors (Lipinski definition) is 0. The summed E-state index contributed by atoms with van der Waals surface area (Å²) in [4.78, 5) is 2.28. The number of rotatable bonds is 7. The predicted octanol–water partition coefficient (Wildman–Crippen LogP) is 2.36. The number of nitrogens with zero attached hydrogens (tertiary/aromatic N) is 3. The van der Waals surface area contributed by atoms with Crippen LogP contribution in [0.5, 0.6) is 11.5 Å². The molecule has 10 heteroatoms. The molecule has 0 spiro atoms. The van der Waals surface area contributed by atoms with Crippen molar-refractivity contribution >= 4 is 22.1 Å². The zero-order chi connectivity index (χ0) is 19.6. The van der Waals surface area contributed by atoms with Gasteiger partial charge in [0.15, 0.2) is 9.84 Å². The second kappa shape index (κ2) is 7.99. The van der Waals surface area contributed by atoms with Crippen molar-refractivity contribution in [3.05, 3.63) is 23.0 Å². The Kier molecular flexibility index (Phi) is 5.87. The lowest BCUT2D eigenvalue weighted by atomic mass is 10.2. The van der Waals surface area contributed by atoms with Crippen molar-refractivity contribution in [2.24, 2.45) is 0 Å². The monoisotopic (exact) mass is 413 g/mol. The van der Waals surface area contributed by atoms with Crippen LogP contribution in [-0.4, -0.2) is 61.4 Å². The summed E-state index contributed by atoms with van der Waals surface area (Å²) in [6.07, 6.45) is 0.626. The molecular weight excluding hydrogens is 390 g/mol. The van der Waals surface area contributed by atoms with Crippen LogP contribution >= 0.6 is 12.2 Å². The van der Waals surface area contributed by atoms with E-state index in [9.17, 15) is 8.42 Å². The average molecular weight is 414 g/mol. The fourth-order valence-corrected chi connectivity index (χ4v) is 5.09. The topological polar surface area (TPSA) is 86.8 Å². The van der Waals surface area contributed by atoms with Gasteiger partial charge in [0.1, 0.15) is 11.5 Å². The summed E-state index contributed by atoms with van der Waals surface area (Å²) < 4.78 is 41.3. The lowest BCUT2D eigenvalue weighted by Gasteiger charge is -2.25. The summed E-state index contributed by atoms with van der Waals surface area (Å²) in [5.74, 6) is 1.99. The Labute approximate surface area is 163 Å². The van der Waals surface area contributed by atoms with E-state index < -0.39 is 9.84 Å². The summed E-state index contributed by atoms with van der Waals surface area (Å²) in [6.45, 7) is 3.06. The first-order valence-electron chi connectivity index (χ1n) is 8.61. The van der Waals surface area contributed by atoms with Crippen LogP contribution in [0, 0.1) is 4.84 Å². The van der Waals surface area contributed by atoms with Gasteiger partial charge in [0.2, 0.25) is 5.89 Å². The summed E-state index contributed by atoms with van der Waals surface area (Å²) in [7, 11) is 0.187. The third kappa shape index (κ3) is 4.50. The van der Waals surface area contributed by atoms with Crippen LogP contribution in [0.3, 0.4) is 0 Å². The third-order valence-corrected chi connectivity index (χ3v) is 6.70. The number of aromatic nitrogens is 2. The highest BCUT2D eigenvalue weighted by Gasteiger charge is 2.32. The highest BCUT2D eigenvalue weighted by molar-refractivity contribution is 7.91. The molecule has 0 saturated carbocycles. The number of ether oxygens (including phenoxy) is 2. The van der Waals surface area contributed by atoms with Crippen molar-refractivity contribution in [1.29, 1.82) is 0 Å². The van der Waals surface area contributed by atoms with Crippen LogP contribution in [-0.2, 0) is 16.5 Å². The minimum Gasteiger partial charge on any atom is -0.497 e. The standard InChI is InChI=1S/C17H23N3O5S2/c1-4-19(13-5-6-27(21,22)10-13)11-20-17(26)25-16(18-20)12-7-14(23-2)9-15(8-12)24-3/h7-9,13H,4-6,10-11H2,1-3H3/t13-/m0/s1. The van der Waals surface area contributed by atoms with Crippen LogP contribution < -0.4 is 9.47 Å². The van der Waals surface area contributed by atoms with E-state index in [1.54, 1.807) is 37.1 Å². The van der Waals surface area contributed by atoms with Crippen LogP contribution in [0.25, 0.3) is 11.5 Å². The molecule has 0 aliphatic carbocycles. The van der Waals surface area contributed by atoms with Gasteiger partial charge in [-0.25, -0.2) is 13.1 Å². The van der Waals surface area contributed by atoms with Crippen LogP contribution in [0.15, 0.2) is 22.6 Å². The van der Waals surface area contributed by atoms with E-state index in [1.807, 2.05) is 6.92 Å². The van der Waals surface area contributed by atoms with E-state index in [0.717, 1.165) is 0 Å². The number of hydrogen-bond acceptors (Lipinski definition) is 8. The molecule has 0 N–H and O–H groups in total. The Balaban J connectivity index is 1.85. The normalized spacial score (nSPS) is 18.7. The molecule has 27 heavy (non-hydrogen) atoms. The molecule has 0 amide bonds. The first kappa shape index (κ1) is 19.8. The van der Waals surface area contributed by atoms with Crippen molar-refractivity contribution in [2.75, 3.05) is 32.3 Å². The van der Waals surface area contributed by atoms with Gasteiger partial charge in [-0.15, -0.1) is 5.10 Å². The Morgan fingerprint density at radius 1 is 1.30 bits per heavy atom. The third-order valence-electron chi connectivity index (χ3n) is 4.65. The van der Waals surface area contributed by atoms with E-state index in [1.165, 1.54) is 0 Å². The molecule has 0 unspecified atom stereocenters. The Bertz CT molecular complexity index is 945. The maximum atomic E-state index is 11.8. The van der Waals surface area contributed by atoms with Gasteiger partial charge in [-0.1, -0.05) is 6.92 Å². The van der Waals surface area contributed by atoms with E-state index in [4.69, 9.17) is 26.1 Å². The minimum atomic E-state index is -2.95. The molecule has 0 radical (unpaired) electrons. The molecule has 1 aliphatic rings. The fourth-order valence-electron chi connectivity index (χ4n) is 3.15. The van der Waals surface area contributed by atoms with Crippen LogP contribution in [0.4, 0.5) is 0 Å². The summed E-state index contributed by atoms with van der Waals surface area (Å²) in [5.41, 5.74) is 0.683. The van der Waals surface area contributed by atoms with Crippen molar-refractivity contribution in [2.45, 2.75) is 26.1 Å². The van der Waals surface area contributed by atoms with Gasteiger partial charge in [0.05, 0.1) is 32.4 Å². The molecule has 1 aromatic carbocycles. The molecule has 1 fully saturated rings. The quantitative estimate of drug-likeness (QED) is 0.640. The summed E-state index contributed by atoms with van der Waals surface area (Å²) in [6, 6.07) is 5.30. The molecule has 3 rings (SSSR count). The molecule has 1 aromatic heterocycles. The van der Waals surface area contributed by atoms with E-state index in [-0.39, 0.29) is 22.4 Å². The molecule has 1 saturated heterocycles. The molecule has 1 atom stereocenters. The highest BCUT2D eigenvalue weighted by atomic mass is 32.2. The van der Waals surface area contributed by atoms with Gasteiger partial charge in [-0.2, -0.15) is 0 Å². The van der Waals surface area contributed by atoms with E-state index >= 15 is 0 Å². The van der Waals surface area contributed by atoms with Crippen molar-refractivity contribution in [1.82, 2.24) is 14.7 Å².